The van der Waals surface area contributed by atoms with Crippen LogP contribution in [0.2, 0.25) is 0 Å². The Morgan fingerprint density at radius 2 is 2.57 bits per heavy atom. The second kappa shape index (κ2) is 5.04. The molecule has 5 heteroatoms. The molecular weight excluding hydrogens is 182 g/mol. The molecule has 0 bridgehead atoms. The van der Waals surface area contributed by atoms with E-state index in [-0.39, 0.29) is 25.6 Å². The highest BCUT2D eigenvalue weighted by atomic mass is 16.3. The summed E-state index contributed by atoms with van der Waals surface area (Å²) in [5.74, 6) is 2.56. The normalized spacial score (nSPS) is 9.43. The molecule has 0 saturated heterocycles. The summed E-state index contributed by atoms with van der Waals surface area (Å²) in [6, 6.07) is 0. The van der Waals surface area contributed by atoms with E-state index in [4.69, 9.17) is 11.5 Å². The van der Waals surface area contributed by atoms with Crippen molar-refractivity contribution in [2.75, 3.05) is 6.54 Å². The van der Waals surface area contributed by atoms with E-state index in [1.807, 2.05) is 0 Å². The fourth-order valence-electron chi connectivity index (χ4n) is 0.996. The third kappa shape index (κ3) is 2.61. The molecule has 0 radical (unpaired) electrons. The van der Waals surface area contributed by atoms with Crippen molar-refractivity contribution in [2.45, 2.75) is 13.2 Å². The van der Waals surface area contributed by atoms with Crippen LogP contribution in [0.5, 0.6) is 0 Å². The molecule has 0 aliphatic heterocycles. The third-order valence-corrected chi connectivity index (χ3v) is 1.64. The van der Waals surface area contributed by atoms with Crippen molar-refractivity contribution in [1.29, 1.82) is 0 Å². The molecule has 1 aromatic heterocycles. The van der Waals surface area contributed by atoms with Crippen LogP contribution in [0, 0.1) is 12.3 Å². The first kappa shape index (κ1) is 10.3. The van der Waals surface area contributed by atoms with E-state index >= 15 is 0 Å². The molecule has 0 unspecified atom stereocenters. The van der Waals surface area contributed by atoms with E-state index in [9.17, 15) is 4.79 Å². The van der Waals surface area contributed by atoms with Gasteiger partial charge >= 0.3 is 0 Å². The predicted octanol–water partition coefficient (Wildman–Crippen LogP) is -0.875. The molecular formula is C9H11N3O2. The average Bonchev–Trinajstić information content (AvgIpc) is 2.62. The highest BCUT2D eigenvalue weighted by Crippen LogP contribution is 1.96. The first-order valence-corrected chi connectivity index (χ1v) is 4.09. The lowest BCUT2D eigenvalue weighted by Crippen LogP contribution is -2.28. The van der Waals surface area contributed by atoms with Crippen molar-refractivity contribution in [3.8, 4) is 12.3 Å². The summed E-state index contributed by atoms with van der Waals surface area (Å²) >= 11 is 0. The number of aliphatic hydroxyl groups is 1. The smallest absolute Gasteiger partial charge is 0.240 e. The molecule has 74 valence electrons. The number of nitrogens with one attached hydrogen (secondary N) is 1. The lowest BCUT2D eigenvalue weighted by Gasteiger charge is -2.05. The number of carbonyl (C=O) groups is 1. The van der Waals surface area contributed by atoms with Crippen molar-refractivity contribution >= 4 is 5.91 Å². The number of carbonyl (C=O) groups excluding carboxylic acids is 1. The molecule has 5 nitrogen and oxygen atoms in total. The topological polar surface area (TPSA) is 67.2 Å². The van der Waals surface area contributed by atoms with Crippen molar-refractivity contribution in [3.63, 3.8) is 0 Å². The van der Waals surface area contributed by atoms with E-state index in [2.05, 4.69) is 16.2 Å². The van der Waals surface area contributed by atoms with Gasteiger partial charge in [0, 0.05) is 12.4 Å². The zero-order chi connectivity index (χ0) is 10.4. The summed E-state index contributed by atoms with van der Waals surface area (Å²) in [6.07, 6.45) is 8.14. The number of rotatable bonds is 4. The van der Waals surface area contributed by atoms with Crippen molar-refractivity contribution in [3.05, 3.63) is 18.2 Å². The molecule has 1 aromatic rings. The summed E-state index contributed by atoms with van der Waals surface area (Å²) in [5.41, 5.74) is 0. The number of aromatic nitrogens is 2. The summed E-state index contributed by atoms with van der Waals surface area (Å²) in [6.45, 7) is 0.148. The summed E-state index contributed by atoms with van der Waals surface area (Å²) in [7, 11) is 0. The van der Waals surface area contributed by atoms with E-state index in [1.54, 1.807) is 10.8 Å². The Balaban J connectivity index is 2.52. The fraction of sp³-hybridized carbons (Fsp3) is 0.333. The Labute approximate surface area is 81.8 Å². The largest absolute Gasteiger partial charge is 0.388 e. The minimum atomic E-state index is -0.198. The molecule has 2 N–H and O–H groups in total. The molecule has 1 heterocycles. The fourth-order valence-corrected chi connectivity index (χ4v) is 0.996. The van der Waals surface area contributed by atoms with Gasteiger partial charge in [-0.05, 0) is 0 Å². The average molecular weight is 193 g/mol. The number of imidazole rings is 1. The van der Waals surface area contributed by atoms with Crippen LogP contribution in [0.3, 0.4) is 0 Å². The van der Waals surface area contributed by atoms with Crippen LogP contribution in [0.4, 0.5) is 0 Å². The molecule has 0 aliphatic rings. The number of terminal acetylenes is 1. The Hall–Kier alpha value is -1.80. The van der Waals surface area contributed by atoms with Crippen molar-refractivity contribution < 1.29 is 9.90 Å². The predicted molar refractivity (Wildman–Crippen MR) is 50.0 cm³/mol. The van der Waals surface area contributed by atoms with Gasteiger partial charge in [-0.3, -0.25) is 4.79 Å². The van der Waals surface area contributed by atoms with Crippen molar-refractivity contribution in [1.82, 2.24) is 14.9 Å². The highest BCUT2D eigenvalue weighted by Gasteiger charge is 2.05. The molecule has 0 spiro atoms. The van der Waals surface area contributed by atoms with E-state index in [1.165, 1.54) is 6.20 Å². The van der Waals surface area contributed by atoms with Gasteiger partial charge in [-0.2, -0.15) is 0 Å². The standard InChI is InChI=1S/C9H11N3O2/c1-2-3-11-9(14)6-12-5-4-10-8(12)7-13/h1,4-5,13H,3,6-7H2,(H,11,14). The highest BCUT2D eigenvalue weighted by molar-refractivity contribution is 5.76. The molecule has 0 saturated carbocycles. The van der Waals surface area contributed by atoms with Gasteiger partial charge in [0.2, 0.25) is 5.91 Å². The summed E-state index contributed by atoms with van der Waals surface area (Å²) < 4.78 is 1.56. The minimum Gasteiger partial charge on any atom is -0.388 e. The Kier molecular flexibility index (Phi) is 3.70. The van der Waals surface area contributed by atoms with E-state index in [0.717, 1.165) is 0 Å². The molecule has 0 aliphatic carbocycles. The first-order chi connectivity index (χ1) is 6.77. The molecule has 0 fully saturated rings. The monoisotopic (exact) mass is 193 g/mol. The molecule has 0 aromatic carbocycles. The Morgan fingerprint density at radius 3 is 3.21 bits per heavy atom. The third-order valence-electron chi connectivity index (χ3n) is 1.64. The second-order valence-corrected chi connectivity index (χ2v) is 2.61. The minimum absolute atomic E-state index is 0.123. The van der Waals surface area contributed by atoms with Crippen LogP contribution < -0.4 is 5.32 Å². The Morgan fingerprint density at radius 1 is 1.79 bits per heavy atom. The van der Waals surface area contributed by atoms with Gasteiger partial charge in [-0.25, -0.2) is 4.98 Å². The molecule has 14 heavy (non-hydrogen) atoms. The zero-order valence-corrected chi connectivity index (χ0v) is 7.60. The Bertz CT molecular complexity index is 351. The van der Waals surface area contributed by atoms with Gasteiger partial charge in [-0.15, -0.1) is 6.42 Å². The van der Waals surface area contributed by atoms with Crippen molar-refractivity contribution in [2.24, 2.45) is 0 Å². The number of aliphatic hydroxyl groups excluding tert-OH is 1. The molecule has 1 amide bonds. The van der Waals surface area contributed by atoms with Gasteiger partial charge in [0.15, 0.2) is 0 Å². The number of amides is 1. The van der Waals surface area contributed by atoms with E-state index in [0.29, 0.717) is 5.82 Å². The van der Waals surface area contributed by atoms with Gasteiger partial charge in [-0.1, -0.05) is 5.92 Å². The van der Waals surface area contributed by atoms with Crippen LogP contribution in [-0.4, -0.2) is 27.1 Å². The zero-order valence-electron chi connectivity index (χ0n) is 7.60. The number of hydrogen-bond acceptors (Lipinski definition) is 3. The van der Waals surface area contributed by atoms with Crippen LogP contribution in [0.1, 0.15) is 5.82 Å². The van der Waals surface area contributed by atoms with Crippen LogP contribution >= 0.6 is 0 Å². The molecule has 1 rings (SSSR count). The van der Waals surface area contributed by atoms with Gasteiger partial charge < -0.3 is 15.0 Å². The lowest BCUT2D eigenvalue weighted by molar-refractivity contribution is -0.121. The summed E-state index contributed by atoms with van der Waals surface area (Å²) in [4.78, 5) is 15.1. The number of hydrogen-bond donors (Lipinski definition) is 2. The van der Waals surface area contributed by atoms with Crippen LogP contribution in [-0.2, 0) is 17.9 Å². The summed E-state index contributed by atoms with van der Waals surface area (Å²) in [5, 5.41) is 11.4. The maximum absolute atomic E-state index is 11.2. The van der Waals surface area contributed by atoms with Crippen LogP contribution in [0.25, 0.3) is 0 Å². The van der Waals surface area contributed by atoms with Gasteiger partial charge in [0.1, 0.15) is 19.0 Å². The van der Waals surface area contributed by atoms with E-state index < -0.39 is 0 Å². The maximum atomic E-state index is 11.2. The number of nitrogens with zero attached hydrogens (tertiary/aromatic N) is 2. The van der Waals surface area contributed by atoms with Gasteiger partial charge in [0.25, 0.3) is 0 Å². The lowest BCUT2D eigenvalue weighted by atomic mass is 10.5. The first-order valence-electron chi connectivity index (χ1n) is 4.09. The maximum Gasteiger partial charge on any atom is 0.240 e. The van der Waals surface area contributed by atoms with Gasteiger partial charge in [0.05, 0.1) is 6.54 Å². The SMILES string of the molecule is C#CCNC(=O)Cn1ccnc1CO. The van der Waals surface area contributed by atoms with Crippen LogP contribution in [0.15, 0.2) is 12.4 Å². The molecule has 0 atom stereocenters. The quantitative estimate of drug-likeness (QED) is 0.610. The second-order valence-electron chi connectivity index (χ2n) is 2.61.